The van der Waals surface area contributed by atoms with E-state index in [1.54, 1.807) is 35.9 Å². The van der Waals surface area contributed by atoms with Gasteiger partial charge in [-0.2, -0.15) is 0 Å². The van der Waals surface area contributed by atoms with E-state index in [2.05, 4.69) is 5.32 Å². The molecule has 24 heavy (non-hydrogen) atoms. The Bertz CT molecular complexity index is 765. The maximum Gasteiger partial charge on any atom is 0.340 e. The van der Waals surface area contributed by atoms with Crippen LogP contribution in [0.15, 0.2) is 30.5 Å². The third kappa shape index (κ3) is 3.73. The molecular formula is C17H20N2O5. The number of carbonyl (C=O) groups is 3. The van der Waals surface area contributed by atoms with Crippen molar-refractivity contribution >= 4 is 28.7 Å². The molecule has 128 valence electrons. The molecule has 0 saturated heterocycles. The van der Waals surface area contributed by atoms with E-state index in [9.17, 15) is 14.4 Å². The molecule has 0 radical (unpaired) electrons. The van der Waals surface area contributed by atoms with Gasteiger partial charge in [-0.3, -0.25) is 9.59 Å². The number of amides is 1. The lowest BCUT2D eigenvalue weighted by atomic mass is 10.2. The molecular weight excluding hydrogens is 312 g/mol. The van der Waals surface area contributed by atoms with Crippen molar-refractivity contribution in [3.8, 4) is 0 Å². The molecule has 0 spiro atoms. The van der Waals surface area contributed by atoms with Gasteiger partial charge >= 0.3 is 11.9 Å². The predicted octanol–water partition coefficient (Wildman–Crippen LogP) is 1.50. The summed E-state index contributed by atoms with van der Waals surface area (Å²) in [6.07, 6.45) is 0.675. The molecule has 1 atom stereocenters. The number of methoxy groups -OCH3 is 1. The van der Waals surface area contributed by atoms with Crippen molar-refractivity contribution in [2.45, 2.75) is 26.5 Å². The first-order chi connectivity index (χ1) is 11.5. The highest BCUT2D eigenvalue weighted by Gasteiger charge is 2.20. The quantitative estimate of drug-likeness (QED) is 0.810. The fourth-order valence-corrected chi connectivity index (χ4v) is 2.40. The van der Waals surface area contributed by atoms with Gasteiger partial charge in [-0.05, 0) is 19.9 Å². The average molecular weight is 332 g/mol. The monoisotopic (exact) mass is 332 g/mol. The second-order valence-electron chi connectivity index (χ2n) is 5.21. The Morgan fingerprint density at radius 1 is 1.25 bits per heavy atom. The second-order valence-corrected chi connectivity index (χ2v) is 5.21. The number of benzene rings is 1. The number of carbonyl (C=O) groups excluding carboxylic acids is 3. The number of likely N-dealkylation sites (N-methyl/N-ethyl adjacent to an activating group) is 1. The highest BCUT2D eigenvalue weighted by Crippen LogP contribution is 2.22. The maximum atomic E-state index is 12.1. The normalized spacial score (nSPS) is 11.8. The lowest BCUT2D eigenvalue weighted by molar-refractivity contribution is -0.155. The van der Waals surface area contributed by atoms with E-state index in [0.717, 1.165) is 0 Å². The third-order valence-corrected chi connectivity index (χ3v) is 3.52. The molecule has 0 bridgehead atoms. The third-order valence-electron chi connectivity index (χ3n) is 3.52. The van der Waals surface area contributed by atoms with Gasteiger partial charge in [0, 0.05) is 23.6 Å². The van der Waals surface area contributed by atoms with E-state index >= 15 is 0 Å². The smallest absolute Gasteiger partial charge is 0.340 e. The van der Waals surface area contributed by atoms with E-state index < -0.39 is 18.0 Å². The molecule has 2 rings (SSSR count). The highest BCUT2D eigenvalue weighted by molar-refractivity contribution is 6.04. The van der Waals surface area contributed by atoms with Crippen molar-refractivity contribution in [3.63, 3.8) is 0 Å². The number of hydrogen-bond acceptors (Lipinski definition) is 5. The van der Waals surface area contributed by atoms with Crippen molar-refractivity contribution in [2.75, 3.05) is 13.7 Å². The van der Waals surface area contributed by atoms with E-state index in [-0.39, 0.29) is 12.5 Å². The van der Waals surface area contributed by atoms with Crippen molar-refractivity contribution in [1.29, 1.82) is 0 Å². The fraction of sp³-hybridized carbons (Fsp3) is 0.353. The summed E-state index contributed by atoms with van der Waals surface area (Å²) in [6, 6.07) is 7.18. The average Bonchev–Trinajstić information content (AvgIpc) is 2.93. The number of esters is 2. The summed E-state index contributed by atoms with van der Waals surface area (Å²) >= 11 is 0. The lowest BCUT2D eigenvalue weighted by Crippen LogP contribution is -2.36. The summed E-state index contributed by atoms with van der Waals surface area (Å²) in [5.41, 5.74) is 1.08. The van der Waals surface area contributed by atoms with Crippen LogP contribution in [-0.2, 0) is 25.6 Å². The standard InChI is InChI=1S/C17H20N2O5/c1-4-18-16(21)11(2)24-15(20)10-19-9-13(17(22)23-3)12-7-5-6-8-14(12)19/h5-9,11H,4,10H2,1-3H3,(H,18,21)/t11-/m1/s1. The molecule has 1 amide bonds. The molecule has 0 saturated carbocycles. The summed E-state index contributed by atoms with van der Waals surface area (Å²) < 4.78 is 11.5. The van der Waals surface area contributed by atoms with Gasteiger partial charge in [-0.25, -0.2) is 4.79 Å². The Morgan fingerprint density at radius 2 is 1.96 bits per heavy atom. The zero-order valence-corrected chi connectivity index (χ0v) is 13.9. The number of rotatable bonds is 6. The van der Waals surface area contributed by atoms with E-state index in [0.29, 0.717) is 23.0 Å². The Morgan fingerprint density at radius 3 is 2.62 bits per heavy atom. The van der Waals surface area contributed by atoms with Gasteiger partial charge in [0.15, 0.2) is 6.10 Å². The van der Waals surface area contributed by atoms with Gasteiger partial charge in [-0.15, -0.1) is 0 Å². The van der Waals surface area contributed by atoms with Crippen molar-refractivity contribution < 1.29 is 23.9 Å². The molecule has 1 heterocycles. The SMILES string of the molecule is CCNC(=O)[C@@H](C)OC(=O)Cn1cc(C(=O)OC)c2ccccc21. The van der Waals surface area contributed by atoms with Crippen LogP contribution in [-0.4, -0.2) is 42.2 Å². The number of hydrogen-bond donors (Lipinski definition) is 1. The van der Waals surface area contributed by atoms with E-state index in [1.165, 1.54) is 14.0 Å². The Hall–Kier alpha value is -2.83. The Kier molecular flexibility index (Phi) is 5.57. The highest BCUT2D eigenvalue weighted by atomic mass is 16.5. The Labute approximate surface area is 139 Å². The lowest BCUT2D eigenvalue weighted by Gasteiger charge is -2.13. The van der Waals surface area contributed by atoms with E-state index in [4.69, 9.17) is 9.47 Å². The van der Waals surface area contributed by atoms with Crippen molar-refractivity contribution in [3.05, 3.63) is 36.0 Å². The van der Waals surface area contributed by atoms with Gasteiger partial charge < -0.3 is 19.4 Å². The molecule has 0 fully saturated rings. The summed E-state index contributed by atoms with van der Waals surface area (Å²) in [5.74, 6) is -1.39. The molecule has 2 aromatic rings. The van der Waals surface area contributed by atoms with Crippen LogP contribution in [0.1, 0.15) is 24.2 Å². The largest absolute Gasteiger partial charge is 0.465 e. The van der Waals surface area contributed by atoms with Crippen LogP contribution in [0.3, 0.4) is 0 Å². The van der Waals surface area contributed by atoms with Crippen molar-refractivity contribution in [2.24, 2.45) is 0 Å². The molecule has 0 aliphatic heterocycles. The van der Waals surface area contributed by atoms with Crippen LogP contribution in [0.5, 0.6) is 0 Å². The predicted molar refractivity (Wildman–Crippen MR) is 87.5 cm³/mol. The Balaban J connectivity index is 2.19. The first-order valence-electron chi connectivity index (χ1n) is 7.61. The minimum atomic E-state index is -0.876. The zero-order valence-electron chi connectivity index (χ0n) is 13.9. The minimum absolute atomic E-state index is 0.110. The number of para-hydroxylation sites is 1. The van der Waals surface area contributed by atoms with Gasteiger partial charge in [0.25, 0.3) is 5.91 Å². The molecule has 7 nitrogen and oxygen atoms in total. The van der Waals surface area contributed by atoms with Crippen LogP contribution in [0.4, 0.5) is 0 Å². The van der Waals surface area contributed by atoms with Gasteiger partial charge in [0.1, 0.15) is 6.54 Å². The number of nitrogens with one attached hydrogen (secondary N) is 1. The molecule has 0 unspecified atom stereocenters. The zero-order chi connectivity index (χ0) is 17.7. The number of fused-ring (bicyclic) bond motifs is 1. The molecule has 1 aromatic heterocycles. The summed E-state index contributed by atoms with van der Waals surface area (Å²) in [7, 11) is 1.30. The fourth-order valence-electron chi connectivity index (χ4n) is 2.40. The van der Waals surface area contributed by atoms with Crippen LogP contribution in [0.25, 0.3) is 10.9 Å². The van der Waals surface area contributed by atoms with Crippen LogP contribution in [0.2, 0.25) is 0 Å². The number of aromatic nitrogens is 1. The maximum absolute atomic E-state index is 12.1. The van der Waals surface area contributed by atoms with Gasteiger partial charge in [0.2, 0.25) is 0 Å². The molecule has 1 N–H and O–H groups in total. The molecule has 7 heteroatoms. The molecule has 1 aromatic carbocycles. The summed E-state index contributed by atoms with van der Waals surface area (Å²) in [4.78, 5) is 35.6. The van der Waals surface area contributed by atoms with Gasteiger partial charge in [0.05, 0.1) is 12.7 Å². The molecule has 0 aliphatic rings. The van der Waals surface area contributed by atoms with E-state index in [1.807, 2.05) is 6.07 Å². The minimum Gasteiger partial charge on any atom is -0.465 e. The second kappa shape index (κ2) is 7.63. The molecule has 0 aliphatic carbocycles. The first kappa shape index (κ1) is 17.5. The summed E-state index contributed by atoms with van der Waals surface area (Å²) in [5, 5.41) is 3.28. The first-order valence-corrected chi connectivity index (χ1v) is 7.61. The van der Waals surface area contributed by atoms with Crippen LogP contribution >= 0.6 is 0 Å². The summed E-state index contributed by atoms with van der Waals surface area (Å²) in [6.45, 7) is 3.65. The van der Waals surface area contributed by atoms with Gasteiger partial charge in [-0.1, -0.05) is 18.2 Å². The number of ether oxygens (including phenoxy) is 2. The van der Waals surface area contributed by atoms with Crippen molar-refractivity contribution in [1.82, 2.24) is 9.88 Å². The topological polar surface area (TPSA) is 86.6 Å². The van der Waals surface area contributed by atoms with Crippen LogP contribution in [0, 0.1) is 0 Å². The number of nitrogens with zero attached hydrogens (tertiary/aromatic N) is 1. The van der Waals surface area contributed by atoms with Crippen LogP contribution < -0.4 is 5.32 Å².